The van der Waals surface area contributed by atoms with E-state index in [0.717, 1.165) is 28.1 Å². The summed E-state index contributed by atoms with van der Waals surface area (Å²) in [5, 5.41) is 7.50. The highest BCUT2D eigenvalue weighted by molar-refractivity contribution is 8.00. The lowest BCUT2D eigenvalue weighted by atomic mass is 10.2. The first kappa shape index (κ1) is 21.6. The monoisotopic (exact) mass is 434 g/mol. The summed E-state index contributed by atoms with van der Waals surface area (Å²) < 4.78 is 6.74. The number of carbonyl (C=O) groups is 1. The van der Waals surface area contributed by atoms with E-state index in [-0.39, 0.29) is 11.5 Å². The molecule has 0 bridgehead atoms. The molecule has 9 heteroatoms. The minimum absolute atomic E-state index is 0.0183. The van der Waals surface area contributed by atoms with Gasteiger partial charge in [-0.3, -0.25) is 14.2 Å². The summed E-state index contributed by atoms with van der Waals surface area (Å²) in [5.74, 6) is 0.841. The molecular weight excluding hydrogens is 408 g/mol. The molecule has 1 unspecified atom stereocenters. The molecule has 7 nitrogen and oxygen atoms in total. The summed E-state index contributed by atoms with van der Waals surface area (Å²) in [4.78, 5) is 32.6. The third kappa shape index (κ3) is 4.56. The molecule has 29 heavy (non-hydrogen) atoms. The van der Waals surface area contributed by atoms with Crippen molar-refractivity contribution >= 4 is 45.0 Å². The van der Waals surface area contributed by atoms with Gasteiger partial charge in [-0.1, -0.05) is 37.2 Å². The summed E-state index contributed by atoms with van der Waals surface area (Å²) in [6.07, 6.45) is 2.45. The zero-order chi connectivity index (χ0) is 21.1. The number of anilines is 1. The smallest absolute Gasteiger partial charge is 0.263 e. The van der Waals surface area contributed by atoms with Gasteiger partial charge in [0.05, 0.1) is 10.6 Å². The molecule has 0 aliphatic rings. The lowest BCUT2D eigenvalue weighted by molar-refractivity contribution is -0.115. The number of hydrogen-bond donors (Lipinski definition) is 1. The van der Waals surface area contributed by atoms with Crippen LogP contribution >= 0.6 is 23.1 Å². The largest absolute Gasteiger partial charge is 0.360 e. The minimum atomic E-state index is -0.397. The van der Waals surface area contributed by atoms with Crippen molar-refractivity contribution in [2.75, 3.05) is 5.32 Å². The third-order valence-electron chi connectivity index (χ3n) is 4.78. The van der Waals surface area contributed by atoms with Gasteiger partial charge in [0.2, 0.25) is 5.91 Å². The fraction of sp³-hybridized carbons (Fsp3) is 0.500. The van der Waals surface area contributed by atoms with Crippen molar-refractivity contribution in [3.8, 4) is 0 Å². The summed E-state index contributed by atoms with van der Waals surface area (Å²) in [6, 6.07) is 1.67. The first-order valence-electron chi connectivity index (χ1n) is 9.77. The molecule has 156 valence electrons. The van der Waals surface area contributed by atoms with Gasteiger partial charge in [0.1, 0.15) is 10.6 Å². The molecule has 0 aliphatic carbocycles. The Labute approximate surface area is 177 Å². The number of unbranched alkanes of at least 4 members (excludes halogenated alkanes) is 1. The van der Waals surface area contributed by atoms with Crippen molar-refractivity contribution in [1.29, 1.82) is 0 Å². The normalized spacial score (nSPS) is 12.4. The molecule has 1 atom stereocenters. The van der Waals surface area contributed by atoms with Gasteiger partial charge in [0, 0.05) is 17.5 Å². The van der Waals surface area contributed by atoms with Gasteiger partial charge in [-0.05, 0) is 39.2 Å². The van der Waals surface area contributed by atoms with Crippen LogP contribution in [-0.4, -0.2) is 25.9 Å². The Hall–Kier alpha value is -2.13. The number of thiophene rings is 1. The molecule has 3 aromatic rings. The van der Waals surface area contributed by atoms with Gasteiger partial charge < -0.3 is 9.84 Å². The molecular formula is C20H26N4O3S2. The highest BCUT2D eigenvalue weighted by atomic mass is 32.2. The van der Waals surface area contributed by atoms with Gasteiger partial charge in [-0.15, -0.1) is 11.3 Å². The van der Waals surface area contributed by atoms with Crippen LogP contribution in [0.5, 0.6) is 0 Å². The number of fused-ring (bicyclic) bond motifs is 1. The number of rotatable bonds is 8. The minimum Gasteiger partial charge on any atom is -0.360 e. The topological polar surface area (TPSA) is 90.0 Å². The molecule has 3 heterocycles. The highest BCUT2D eigenvalue weighted by Crippen LogP contribution is 2.31. The Kier molecular flexibility index (Phi) is 6.79. The molecule has 3 rings (SSSR count). The number of amides is 1. The predicted octanol–water partition coefficient (Wildman–Crippen LogP) is 4.68. The number of carbonyl (C=O) groups excluding carboxylic acids is 1. The Morgan fingerprint density at radius 2 is 2.10 bits per heavy atom. The van der Waals surface area contributed by atoms with Crippen LogP contribution < -0.4 is 10.9 Å². The molecule has 1 N–H and O–H groups in total. The van der Waals surface area contributed by atoms with E-state index < -0.39 is 5.25 Å². The van der Waals surface area contributed by atoms with Crippen LogP contribution in [0.4, 0.5) is 5.82 Å². The van der Waals surface area contributed by atoms with Crippen LogP contribution in [0, 0.1) is 20.8 Å². The summed E-state index contributed by atoms with van der Waals surface area (Å²) >= 11 is 2.86. The Morgan fingerprint density at radius 3 is 2.72 bits per heavy atom. The lowest BCUT2D eigenvalue weighted by Crippen LogP contribution is -2.28. The van der Waals surface area contributed by atoms with E-state index in [1.165, 1.54) is 23.1 Å². The Bertz CT molecular complexity index is 1080. The second-order valence-electron chi connectivity index (χ2n) is 6.99. The lowest BCUT2D eigenvalue weighted by Gasteiger charge is -2.17. The summed E-state index contributed by atoms with van der Waals surface area (Å²) in [7, 11) is 0. The SMILES string of the molecule is CCCCn1c(SC(CC)C(=O)Nc2cc(C)on2)nc2sc(C)c(C)c2c1=O. The van der Waals surface area contributed by atoms with Crippen LogP contribution in [0.1, 0.15) is 49.3 Å². The first-order valence-corrected chi connectivity index (χ1v) is 11.5. The van der Waals surface area contributed by atoms with E-state index >= 15 is 0 Å². The van der Waals surface area contributed by atoms with Crippen LogP contribution in [0.15, 0.2) is 20.5 Å². The molecule has 0 spiro atoms. The zero-order valence-electron chi connectivity index (χ0n) is 17.4. The fourth-order valence-corrected chi connectivity index (χ4v) is 5.10. The van der Waals surface area contributed by atoms with Crippen molar-refractivity contribution in [2.24, 2.45) is 0 Å². The van der Waals surface area contributed by atoms with Crippen LogP contribution in [0.25, 0.3) is 10.2 Å². The van der Waals surface area contributed by atoms with E-state index in [1.807, 2.05) is 20.8 Å². The second-order valence-corrected chi connectivity index (χ2v) is 9.37. The third-order valence-corrected chi connectivity index (χ3v) is 7.23. The summed E-state index contributed by atoms with van der Waals surface area (Å²) in [5.41, 5.74) is 0.977. The molecule has 3 aromatic heterocycles. The van der Waals surface area contributed by atoms with E-state index in [4.69, 9.17) is 9.51 Å². The van der Waals surface area contributed by atoms with E-state index in [2.05, 4.69) is 17.4 Å². The van der Waals surface area contributed by atoms with E-state index in [1.54, 1.807) is 17.6 Å². The van der Waals surface area contributed by atoms with Crippen molar-refractivity contribution in [3.05, 3.63) is 32.6 Å². The van der Waals surface area contributed by atoms with Crippen LogP contribution in [0.2, 0.25) is 0 Å². The van der Waals surface area contributed by atoms with Crippen LogP contribution in [-0.2, 0) is 11.3 Å². The van der Waals surface area contributed by atoms with Crippen LogP contribution in [0.3, 0.4) is 0 Å². The van der Waals surface area contributed by atoms with Gasteiger partial charge in [0.25, 0.3) is 5.56 Å². The maximum absolute atomic E-state index is 13.2. The Balaban J connectivity index is 1.95. The molecule has 0 aliphatic heterocycles. The first-order chi connectivity index (χ1) is 13.8. The van der Waals surface area contributed by atoms with Crippen molar-refractivity contribution in [1.82, 2.24) is 14.7 Å². The Morgan fingerprint density at radius 1 is 1.34 bits per heavy atom. The molecule has 0 fully saturated rings. The zero-order valence-corrected chi connectivity index (χ0v) is 19.0. The maximum Gasteiger partial charge on any atom is 0.263 e. The van der Waals surface area contributed by atoms with Gasteiger partial charge in [-0.25, -0.2) is 4.98 Å². The molecule has 0 radical (unpaired) electrons. The van der Waals surface area contributed by atoms with E-state index in [0.29, 0.717) is 35.1 Å². The summed E-state index contributed by atoms with van der Waals surface area (Å²) in [6.45, 7) is 10.4. The quantitative estimate of drug-likeness (QED) is 0.409. The van der Waals surface area contributed by atoms with E-state index in [9.17, 15) is 9.59 Å². The molecule has 1 amide bonds. The number of nitrogens with zero attached hydrogens (tertiary/aromatic N) is 3. The second kappa shape index (κ2) is 9.13. The van der Waals surface area contributed by atoms with Gasteiger partial charge >= 0.3 is 0 Å². The van der Waals surface area contributed by atoms with Crippen molar-refractivity contribution in [2.45, 2.75) is 70.8 Å². The predicted molar refractivity (Wildman–Crippen MR) is 118 cm³/mol. The van der Waals surface area contributed by atoms with Gasteiger partial charge in [0.15, 0.2) is 11.0 Å². The number of thioether (sulfide) groups is 1. The van der Waals surface area contributed by atoms with Crippen molar-refractivity contribution < 1.29 is 9.32 Å². The standard InChI is InChI=1S/C20H26N4O3S2/c1-6-8-9-24-19(26)16-12(4)13(5)28-18(16)22-20(24)29-14(7-2)17(25)21-15-10-11(3)27-23-15/h10,14H,6-9H2,1-5H3,(H,21,23,25). The number of aryl methyl sites for hydroxylation is 3. The molecule has 0 saturated heterocycles. The van der Waals surface area contributed by atoms with Gasteiger partial charge in [-0.2, -0.15) is 0 Å². The number of aromatic nitrogens is 3. The van der Waals surface area contributed by atoms with Crippen molar-refractivity contribution in [3.63, 3.8) is 0 Å². The molecule has 0 saturated carbocycles. The molecule has 0 aromatic carbocycles. The number of hydrogen-bond acceptors (Lipinski definition) is 7. The highest BCUT2D eigenvalue weighted by Gasteiger charge is 2.24. The average molecular weight is 435 g/mol. The average Bonchev–Trinajstić information content (AvgIpc) is 3.21. The maximum atomic E-state index is 13.2. The fourth-order valence-electron chi connectivity index (χ4n) is 2.99. The number of nitrogens with one attached hydrogen (secondary N) is 1.